The van der Waals surface area contributed by atoms with Crippen LogP contribution in [-0.2, 0) is 4.79 Å². The van der Waals surface area contributed by atoms with Gasteiger partial charge in [0, 0.05) is 6.54 Å². The second-order valence-corrected chi connectivity index (χ2v) is 5.96. The molecule has 6 nitrogen and oxygen atoms in total. The smallest absolute Gasteiger partial charge is 0.413 e. The lowest BCUT2D eigenvalue weighted by atomic mass is 9.85. The molecule has 0 aliphatic carbocycles. The predicted octanol–water partition coefficient (Wildman–Crippen LogP) is 2.55. The van der Waals surface area contributed by atoms with E-state index < -0.39 is 18.6 Å². The molecule has 128 valence electrons. The van der Waals surface area contributed by atoms with E-state index in [1.807, 2.05) is 18.2 Å². The van der Waals surface area contributed by atoms with Crippen molar-refractivity contribution in [1.82, 2.24) is 10.2 Å². The molecule has 0 spiro atoms. The Morgan fingerprint density at radius 3 is 2.61 bits per heavy atom. The average Bonchev–Trinajstić information content (AvgIpc) is 2.45. The van der Waals surface area contributed by atoms with Gasteiger partial charge >= 0.3 is 12.1 Å². The highest BCUT2D eigenvalue weighted by atomic mass is 16.6. The second kappa shape index (κ2) is 9.15. The predicted molar refractivity (Wildman–Crippen MR) is 88.9 cm³/mol. The molecule has 1 aromatic rings. The van der Waals surface area contributed by atoms with Crippen LogP contribution in [0.1, 0.15) is 31.7 Å². The second-order valence-electron chi connectivity index (χ2n) is 5.96. The van der Waals surface area contributed by atoms with Crippen molar-refractivity contribution >= 4 is 12.1 Å². The molecule has 0 saturated carbocycles. The van der Waals surface area contributed by atoms with Crippen molar-refractivity contribution in [1.29, 1.82) is 0 Å². The Morgan fingerprint density at radius 1 is 1.35 bits per heavy atom. The van der Waals surface area contributed by atoms with Crippen LogP contribution in [0.5, 0.6) is 5.75 Å². The van der Waals surface area contributed by atoms with Crippen LogP contribution in [0.3, 0.4) is 0 Å². The van der Waals surface area contributed by atoms with Gasteiger partial charge in [-0.1, -0.05) is 26.0 Å². The minimum atomic E-state index is -1.11. The number of nitrogens with zero attached hydrogens (tertiary/aromatic N) is 1. The number of nitrogens with one attached hydrogen (secondary N) is 1. The number of carboxylic acid groups (broad SMARTS) is 1. The third-order valence-corrected chi connectivity index (χ3v) is 3.66. The molecular formula is C17H26N2O4. The van der Waals surface area contributed by atoms with Crippen molar-refractivity contribution in [3.63, 3.8) is 0 Å². The maximum absolute atomic E-state index is 11.5. The minimum Gasteiger partial charge on any atom is -0.480 e. The van der Waals surface area contributed by atoms with Crippen molar-refractivity contribution in [2.24, 2.45) is 5.92 Å². The SMILES string of the molecule is CCC(c1cccc(OC(=O)NCC(=O)O)c1)C(C)CN(C)C. The van der Waals surface area contributed by atoms with Crippen LogP contribution in [0, 0.1) is 5.92 Å². The van der Waals surface area contributed by atoms with Gasteiger partial charge in [0.05, 0.1) is 0 Å². The first-order chi connectivity index (χ1) is 10.8. The van der Waals surface area contributed by atoms with E-state index in [1.165, 1.54) is 0 Å². The molecule has 1 amide bonds. The van der Waals surface area contributed by atoms with E-state index in [0.717, 1.165) is 18.5 Å². The molecule has 2 unspecified atom stereocenters. The largest absolute Gasteiger partial charge is 0.480 e. The van der Waals surface area contributed by atoms with E-state index in [-0.39, 0.29) is 0 Å². The molecule has 2 atom stereocenters. The van der Waals surface area contributed by atoms with Gasteiger partial charge in [-0.3, -0.25) is 4.79 Å². The monoisotopic (exact) mass is 322 g/mol. The Labute approximate surface area is 137 Å². The zero-order valence-corrected chi connectivity index (χ0v) is 14.2. The van der Waals surface area contributed by atoms with E-state index in [2.05, 4.69) is 38.2 Å². The molecule has 1 rings (SSSR count). The number of hydrogen-bond acceptors (Lipinski definition) is 4. The summed E-state index contributed by atoms with van der Waals surface area (Å²) in [4.78, 5) is 24.1. The van der Waals surface area contributed by atoms with E-state index in [4.69, 9.17) is 9.84 Å². The third-order valence-electron chi connectivity index (χ3n) is 3.66. The highest BCUT2D eigenvalue weighted by Gasteiger charge is 2.19. The van der Waals surface area contributed by atoms with Crippen molar-refractivity contribution in [3.8, 4) is 5.75 Å². The molecule has 0 bridgehead atoms. The number of amides is 1. The molecule has 0 aliphatic heterocycles. The number of ether oxygens (including phenoxy) is 1. The Balaban J connectivity index is 2.77. The summed E-state index contributed by atoms with van der Waals surface area (Å²) in [5.41, 5.74) is 1.12. The van der Waals surface area contributed by atoms with Crippen molar-refractivity contribution in [3.05, 3.63) is 29.8 Å². The highest BCUT2D eigenvalue weighted by Crippen LogP contribution is 2.30. The van der Waals surface area contributed by atoms with Gasteiger partial charge in [0.25, 0.3) is 0 Å². The van der Waals surface area contributed by atoms with Crippen LogP contribution in [0.15, 0.2) is 24.3 Å². The summed E-state index contributed by atoms with van der Waals surface area (Å²) in [6, 6.07) is 7.41. The Kier molecular flexibility index (Phi) is 7.54. The number of carbonyl (C=O) groups is 2. The summed E-state index contributed by atoms with van der Waals surface area (Å²) < 4.78 is 5.14. The van der Waals surface area contributed by atoms with Gasteiger partial charge in [-0.15, -0.1) is 0 Å². The highest BCUT2D eigenvalue weighted by molar-refractivity contribution is 5.77. The lowest BCUT2D eigenvalue weighted by Crippen LogP contribution is -2.31. The van der Waals surface area contributed by atoms with Gasteiger partial charge in [-0.25, -0.2) is 4.79 Å². The van der Waals surface area contributed by atoms with Gasteiger partial charge < -0.3 is 20.1 Å². The Bertz CT molecular complexity index is 531. The van der Waals surface area contributed by atoms with E-state index in [0.29, 0.717) is 17.6 Å². The maximum atomic E-state index is 11.5. The lowest BCUT2D eigenvalue weighted by molar-refractivity contribution is -0.135. The first kappa shape index (κ1) is 19.0. The number of carbonyl (C=O) groups excluding carboxylic acids is 1. The molecule has 0 heterocycles. The summed E-state index contributed by atoms with van der Waals surface area (Å²) in [5, 5.41) is 10.7. The standard InChI is InChI=1S/C17H26N2O4/c1-5-15(12(2)11-19(3)4)13-7-6-8-14(9-13)23-17(22)18-10-16(20)21/h6-9,12,15H,5,10-11H2,1-4H3,(H,18,22)(H,20,21). The molecule has 0 radical (unpaired) electrons. The summed E-state index contributed by atoms with van der Waals surface area (Å²) >= 11 is 0. The van der Waals surface area contributed by atoms with Gasteiger partial charge in [0.2, 0.25) is 0 Å². The molecule has 0 fully saturated rings. The number of hydrogen-bond donors (Lipinski definition) is 2. The van der Waals surface area contributed by atoms with Crippen LogP contribution in [0.2, 0.25) is 0 Å². The zero-order valence-electron chi connectivity index (χ0n) is 14.2. The van der Waals surface area contributed by atoms with Crippen LogP contribution in [0.25, 0.3) is 0 Å². The van der Waals surface area contributed by atoms with Crippen LogP contribution in [0.4, 0.5) is 4.79 Å². The summed E-state index contributed by atoms with van der Waals surface area (Å²) in [6.07, 6.45) is 0.225. The normalized spacial score (nSPS) is 13.4. The molecule has 0 aliphatic rings. The minimum absolute atomic E-state index is 0.364. The number of carboxylic acids is 1. The van der Waals surface area contributed by atoms with Crippen molar-refractivity contribution in [2.75, 3.05) is 27.2 Å². The van der Waals surface area contributed by atoms with Gasteiger partial charge in [0.1, 0.15) is 12.3 Å². The lowest BCUT2D eigenvalue weighted by Gasteiger charge is -2.26. The fourth-order valence-electron chi connectivity index (χ4n) is 2.77. The molecule has 0 aromatic heterocycles. The van der Waals surface area contributed by atoms with Crippen LogP contribution in [-0.4, -0.2) is 49.3 Å². The van der Waals surface area contributed by atoms with Crippen LogP contribution >= 0.6 is 0 Å². The van der Waals surface area contributed by atoms with Crippen molar-refractivity contribution < 1.29 is 19.4 Å². The van der Waals surface area contributed by atoms with E-state index in [1.54, 1.807) is 6.07 Å². The average molecular weight is 322 g/mol. The summed E-state index contributed by atoms with van der Waals surface area (Å²) in [6.45, 7) is 4.86. The molecule has 0 saturated heterocycles. The van der Waals surface area contributed by atoms with Gasteiger partial charge in [-0.05, 0) is 50.0 Å². The summed E-state index contributed by atoms with van der Waals surface area (Å²) in [7, 11) is 4.10. The fraction of sp³-hybridized carbons (Fsp3) is 0.529. The number of aliphatic carboxylic acids is 1. The zero-order chi connectivity index (χ0) is 17.4. The van der Waals surface area contributed by atoms with E-state index in [9.17, 15) is 9.59 Å². The Hall–Kier alpha value is -2.08. The summed E-state index contributed by atoms with van der Waals surface area (Å²) in [5.74, 6) is 0.134. The van der Waals surface area contributed by atoms with Gasteiger partial charge in [0.15, 0.2) is 0 Å². The quantitative estimate of drug-likeness (QED) is 0.769. The third kappa shape index (κ3) is 6.69. The first-order valence-electron chi connectivity index (χ1n) is 7.75. The first-order valence-corrected chi connectivity index (χ1v) is 7.75. The van der Waals surface area contributed by atoms with Crippen molar-refractivity contribution in [2.45, 2.75) is 26.2 Å². The van der Waals surface area contributed by atoms with E-state index >= 15 is 0 Å². The Morgan fingerprint density at radius 2 is 2.04 bits per heavy atom. The van der Waals surface area contributed by atoms with Crippen LogP contribution < -0.4 is 10.1 Å². The molecule has 2 N–H and O–H groups in total. The molecule has 1 aromatic carbocycles. The number of benzene rings is 1. The topological polar surface area (TPSA) is 78.9 Å². The molecular weight excluding hydrogens is 296 g/mol. The molecule has 23 heavy (non-hydrogen) atoms. The maximum Gasteiger partial charge on any atom is 0.413 e. The van der Waals surface area contributed by atoms with Gasteiger partial charge in [-0.2, -0.15) is 0 Å². The fourth-order valence-corrected chi connectivity index (χ4v) is 2.77. The molecule has 6 heteroatoms. The number of rotatable bonds is 8.